The molecule has 41 heavy (non-hydrogen) atoms. The first kappa shape index (κ1) is 23.5. The van der Waals surface area contributed by atoms with Crippen molar-refractivity contribution in [2.45, 2.75) is 6.61 Å². The van der Waals surface area contributed by atoms with Crippen molar-refractivity contribution in [2.75, 3.05) is 0 Å². The van der Waals surface area contributed by atoms with Crippen molar-refractivity contribution >= 4 is 11.0 Å². The van der Waals surface area contributed by atoms with Gasteiger partial charge in [-0.25, -0.2) is 0 Å². The Morgan fingerprint density at radius 1 is 0.512 bits per heavy atom. The molecule has 1 aliphatic heterocycles. The number of ether oxygens (including phenoxy) is 1. The molecule has 0 unspecified atom stereocenters. The molecule has 7 aromatic rings. The highest BCUT2D eigenvalue weighted by atomic mass is 16.5. The van der Waals surface area contributed by atoms with Gasteiger partial charge in [-0.1, -0.05) is 115 Å². The zero-order valence-electron chi connectivity index (χ0n) is 22.4. The minimum Gasteiger partial charge on any atom is -0.459 e. The molecule has 0 aliphatic carbocycles. The third-order valence-electron chi connectivity index (χ3n) is 7.93. The highest BCUT2D eigenvalue weighted by molar-refractivity contribution is 5.95. The lowest BCUT2D eigenvalue weighted by Gasteiger charge is -2.21. The van der Waals surface area contributed by atoms with E-state index in [-0.39, 0.29) is 0 Å². The van der Waals surface area contributed by atoms with Crippen LogP contribution < -0.4 is 4.74 Å². The molecule has 0 N–H and O–H groups in total. The van der Waals surface area contributed by atoms with Crippen LogP contribution in [0.2, 0.25) is 0 Å². The summed E-state index contributed by atoms with van der Waals surface area (Å²) < 4.78 is 8.22. The van der Waals surface area contributed by atoms with E-state index in [1.165, 1.54) is 44.5 Å². The molecule has 0 radical (unpaired) electrons. The quantitative estimate of drug-likeness (QED) is 0.228. The number of nitrogens with zero attached hydrogens (tertiary/aromatic N) is 2. The molecular formula is C38H26N2O. The zero-order valence-corrected chi connectivity index (χ0v) is 22.4. The fraction of sp³-hybridized carbons (Fsp3) is 0.0263. The van der Waals surface area contributed by atoms with E-state index in [1.807, 2.05) is 18.2 Å². The second-order valence-corrected chi connectivity index (χ2v) is 10.4. The van der Waals surface area contributed by atoms with E-state index in [0.717, 1.165) is 22.3 Å². The van der Waals surface area contributed by atoms with Crippen LogP contribution in [0.3, 0.4) is 0 Å². The van der Waals surface area contributed by atoms with Gasteiger partial charge in [-0.15, -0.1) is 0 Å². The molecule has 3 nitrogen and oxygen atoms in total. The standard InChI is InChI=1S/C38H26N2O/c1-3-11-26(12-4-1)32-17-10-18-33(27-13-5-2-6-14-27)37(32)30-16-9-15-28(23-30)29-21-22-35-31(24-29)25-41-38-39-34-19-7-8-20-36(34)40(35)38/h1-24H,25H2. The highest BCUT2D eigenvalue weighted by Crippen LogP contribution is 2.42. The van der Waals surface area contributed by atoms with Gasteiger partial charge in [-0.2, -0.15) is 4.98 Å². The molecule has 0 amide bonds. The number of benzene rings is 6. The van der Waals surface area contributed by atoms with E-state index >= 15 is 0 Å². The van der Waals surface area contributed by atoms with Crippen LogP contribution in [-0.4, -0.2) is 9.55 Å². The van der Waals surface area contributed by atoms with Gasteiger partial charge in [-0.3, -0.25) is 4.57 Å². The zero-order chi connectivity index (χ0) is 27.2. The Kier molecular flexibility index (Phi) is 5.53. The summed E-state index contributed by atoms with van der Waals surface area (Å²) in [5, 5.41) is 0. The summed E-state index contributed by atoms with van der Waals surface area (Å²) in [4.78, 5) is 4.69. The first-order valence-corrected chi connectivity index (χ1v) is 13.9. The maximum atomic E-state index is 6.10. The Morgan fingerprint density at radius 2 is 1.12 bits per heavy atom. The molecule has 2 heterocycles. The van der Waals surface area contributed by atoms with Crippen molar-refractivity contribution in [3.63, 3.8) is 0 Å². The predicted molar refractivity (Wildman–Crippen MR) is 167 cm³/mol. The Labute approximate surface area is 239 Å². The Balaban J connectivity index is 1.27. The average molecular weight is 527 g/mol. The summed E-state index contributed by atoms with van der Waals surface area (Å²) in [6, 6.07) is 52.3. The maximum absolute atomic E-state index is 6.10. The van der Waals surface area contributed by atoms with Crippen LogP contribution in [0.15, 0.2) is 146 Å². The van der Waals surface area contributed by atoms with Gasteiger partial charge in [0.2, 0.25) is 0 Å². The molecule has 0 saturated heterocycles. The number of aromatic nitrogens is 2. The lowest BCUT2D eigenvalue weighted by atomic mass is 9.86. The molecule has 0 atom stereocenters. The van der Waals surface area contributed by atoms with Gasteiger partial charge in [-0.05, 0) is 74.8 Å². The van der Waals surface area contributed by atoms with Gasteiger partial charge < -0.3 is 4.74 Å². The summed E-state index contributed by atoms with van der Waals surface area (Å²) in [6.07, 6.45) is 0. The second kappa shape index (κ2) is 9.65. The van der Waals surface area contributed by atoms with E-state index in [0.29, 0.717) is 12.6 Å². The largest absolute Gasteiger partial charge is 0.459 e. The first-order valence-electron chi connectivity index (χ1n) is 13.9. The third kappa shape index (κ3) is 4.02. The van der Waals surface area contributed by atoms with Crippen molar-refractivity contribution in [1.82, 2.24) is 9.55 Å². The number of imidazole rings is 1. The van der Waals surface area contributed by atoms with Crippen LogP contribution in [0, 0.1) is 0 Å². The third-order valence-corrected chi connectivity index (χ3v) is 7.93. The van der Waals surface area contributed by atoms with Crippen LogP contribution in [0.1, 0.15) is 5.56 Å². The van der Waals surface area contributed by atoms with E-state index in [4.69, 9.17) is 4.74 Å². The highest BCUT2D eigenvalue weighted by Gasteiger charge is 2.22. The van der Waals surface area contributed by atoms with E-state index < -0.39 is 0 Å². The van der Waals surface area contributed by atoms with Crippen molar-refractivity contribution in [3.8, 4) is 56.2 Å². The molecule has 1 aliphatic rings. The summed E-state index contributed by atoms with van der Waals surface area (Å²) in [5.74, 6) is 0. The van der Waals surface area contributed by atoms with E-state index in [9.17, 15) is 0 Å². The van der Waals surface area contributed by atoms with Crippen molar-refractivity contribution in [1.29, 1.82) is 0 Å². The molecule has 0 fully saturated rings. The Morgan fingerprint density at radius 3 is 1.88 bits per heavy atom. The van der Waals surface area contributed by atoms with Gasteiger partial charge in [0.15, 0.2) is 0 Å². The van der Waals surface area contributed by atoms with Gasteiger partial charge in [0, 0.05) is 5.56 Å². The van der Waals surface area contributed by atoms with Crippen LogP contribution in [0.25, 0.3) is 61.2 Å². The second-order valence-electron chi connectivity index (χ2n) is 10.4. The molecule has 6 aromatic carbocycles. The minimum absolute atomic E-state index is 0.501. The van der Waals surface area contributed by atoms with Crippen molar-refractivity contribution in [3.05, 3.63) is 151 Å². The molecule has 8 rings (SSSR count). The number of rotatable bonds is 4. The minimum atomic E-state index is 0.501. The van der Waals surface area contributed by atoms with Crippen molar-refractivity contribution in [2.24, 2.45) is 0 Å². The van der Waals surface area contributed by atoms with Gasteiger partial charge in [0.05, 0.1) is 16.7 Å². The Hall–Kier alpha value is -5.41. The molecule has 0 spiro atoms. The maximum Gasteiger partial charge on any atom is 0.302 e. The van der Waals surface area contributed by atoms with Crippen LogP contribution in [-0.2, 0) is 6.61 Å². The molecule has 1 aromatic heterocycles. The first-order chi connectivity index (χ1) is 20.3. The normalized spacial score (nSPS) is 12.0. The lowest BCUT2D eigenvalue weighted by Crippen LogP contribution is -2.12. The van der Waals surface area contributed by atoms with Crippen LogP contribution in [0.5, 0.6) is 6.01 Å². The van der Waals surface area contributed by atoms with Crippen LogP contribution in [0.4, 0.5) is 0 Å². The van der Waals surface area contributed by atoms with Crippen LogP contribution >= 0.6 is 0 Å². The van der Waals surface area contributed by atoms with Gasteiger partial charge >= 0.3 is 6.01 Å². The SMILES string of the molecule is c1ccc(-c2cccc(-c3ccccc3)c2-c2cccc(-c3ccc4c(c3)COc3nc5ccccc5n3-4)c2)cc1. The molecule has 0 bridgehead atoms. The smallest absolute Gasteiger partial charge is 0.302 e. The molecule has 3 heteroatoms. The monoisotopic (exact) mass is 526 g/mol. The topological polar surface area (TPSA) is 27.1 Å². The summed E-state index contributed by atoms with van der Waals surface area (Å²) in [6.45, 7) is 0.501. The fourth-order valence-electron chi connectivity index (χ4n) is 6.01. The Bertz CT molecular complexity index is 1980. The summed E-state index contributed by atoms with van der Waals surface area (Å²) in [7, 11) is 0. The predicted octanol–water partition coefficient (Wildman–Crippen LogP) is 9.59. The molecule has 194 valence electrons. The average Bonchev–Trinajstić information content (AvgIpc) is 3.44. The number of hydrogen-bond acceptors (Lipinski definition) is 2. The molecular weight excluding hydrogens is 500 g/mol. The fourth-order valence-corrected chi connectivity index (χ4v) is 6.01. The lowest BCUT2D eigenvalue weighted by molar-refractivity contribution is 0.266. The molecule has 0 saturated carbocycles. The number of fused-ring (bicyclic) bond motifs is 5. The number of hydrogen-bond donors (Lipinski definition) is 0. The van der Waals surface area contributed by atoms with Crippen molar-refractivity contribution < 1.29 is 4.74 Å². The summed E-state index contributed by atoms with van der Waals surface area (Å²) >= 11 is 0. The van der Waals surface area contributed by atoms with E-state index in [2.05, 4.69) is 137 Å². The number of para-hydroxylation sites is 2. The summed E-state index contributed by atoms with van der Waals surface area (Å²) in [5.41, 5.74) is 13.9. The van der Waals surface area contributed by atoms with Gasteiger partial charge in [0.25, 0.3) is 0 Å². The van der Waals surface area contributed by atoms with E-state index in [1.54, 1.807) is 0 Å². The van der Waals surface area contributed by atoms with Gasteiger partial charge in [0.1, 0.15) is 6.61 Å².